The molecule has 4 N–H and O–H groups in total. The van der Waals surface area contributed by atoms with E-state index in [1.54, 1.807) is 0 Å². The molecule has 0 bridgehead atoms. The number of hydrogen-bond donors (Lipinski definition) is 3. The highest BCUT2D eigenvalue weighted by molar-refractivity contribution is 4.51. The van der Waals surface area contributed by atoms with Crippen LogP contribution in [0.3, 0.4) is 0 Å². The van der Waals surface area contributed by atoms with Gasteiger partial charge in [0.1, 0.15) is 0 Å². The van der Waals surface area contributed by atoms with Crippen LogP contribution in [0.25, 0.3) is 0 Å². The van der Waals surface area contributed by atoms with Gasteiger partial charge in [-0.15, -0.1) is 0 Å². The maximum atomic E-state index is 12.0. The van der Waals surface area contributed by atoms with Crippen molar-refractivity contribution in [1.29, 1.82) is 0 Å². The first kappa shape index (κ1) is 7.81. The summed E-state index contributed by atoms with van der Waals surface area (Å²) in [6.07, 6.45) is -1.18. The van der Waals surface area contributed by atoms with Crippen molar-refractivity contribution in [2.75, 3.05) is 19.7 Å². The van der Waals surface area contributed by atoms with E-state index in [2.05, 4.69) is 5.32 Å². The first-order chi connectivity index (χ1) is 3.81. The Bertz CT molecular complexity index is 53.3. The van der Waals surface area contributed by atoms with E-state index in [0.717, 1.165) is 0 Å². The Hall–Kier alpha value is -0.190. The SMILES string of the molecule is NCC(F)NCCO. The number of aliphatic hydroxyl groups is 1. The van der Waals surface area contributed by atoms with Crippen LogP contribution < -0.4 is 11.1 Å². The van der Waals surface area contributed by atoms with Gasteiger partial charge in [-0.05, 0) is 0 Å². The van der Waals surface area contributed by atoms with Crippen LogP contribution in [0, 0.1) is 0 Å². The average Bonchev–Trinajstić information content (AvgIpc) is 1.83. The van der Waals surface area contributed by atoms with E-state index in [1.165, 1.54) is 0 Å². The fraction of sp³-hybridized carbons (Fsp3) is 1.00. The monoisotopic (exact) mass is 122 g/mol. The minimum atomic E-state index is -1.18. The lowest BCUT2D eigenvalue weighted by Gasteiger charge is -2.03. The van der Waals surface area contributed by atoms with E-state index < -0.39 is 6.30 Å². The lowest BCUT2D eigenvalue weighted by Crippen LogP contribution is -2.33. The second-order valence-electron chi connectivity index (χ2n) is 1.38. The van der Waals surface area contributed by atoms with Gasteiger partial charge in [0, 0.05) is 13.1 Å². The molecule has 0 aromatic rings. The van der Waals surface area contributed by atoms with Gasteiger partial charge < -0.3 is 10.8 Å². The van der Waals surface area contributed by atoms with Crippen LogP contribution in [-0.4, -0.2) is 31.1 Å². The Morgan fingerprint density at radius 1 is 1.75 bits per heavy atom. The summed E-state index contributed by atoms with van der Waals surface area (Å²) in [5.41, 5.74) is 4.89. The van der Waals surface area contributed by atoms with Gasteiger partial charge >= 0.3 is 0 Å². The average molecular weight is 122 g/mol. The van der Waals surface area contributed by atoms with Crippen molar-refractivity contribution in [3.05, 3.63) is 0 Å². The zero-order chi connectivity index (χ0) is 6.41. The molecule has 0 saturated heterocycles. The molecule has 0 radical (unpaired) electrons. The highest BCUT2D eigenvalue weighted by Crippen LogP contribution is 1.76. The first-order valence-electron chi connectivity index (χ1n) is 2.49. The standard InChI is InChI=1S/C4H11FN2O/c5-4(3-6)7-1-2-8/h4,7-8H,1-3,6H2. The molecule has 3 nitrogen and oxygen atoms in total. The maximum Gasteiger partial charge on any atom is 0.163 e. The number of nitrogens with one attached hydrogen (secondary N) is 1. The van der Waals surface area contributed by atoms with Crippen molar-refractivity contribution in [3.63, 3.8) is 0 Å². The van der Waals surface area contributed by atoms with Crippen LogP contribution in [0.2, 0.25) is 0 Å². The van der Waals surface area contributed by atoms with Gasteiger partial charge in [0.2, 0.25) is 0 Å². The molecule has 0 fully saturated rings. The van der Waals surface area contributed by atoms with E-state index in [1.807, 2.05) is 0 Å². The number of halogens is 1. The van der Waals surface area contributed by atoms with Gasteiger partial charge in [-0.1, -0.05) is 0 Å². The molecule has 0 aromatic heterocycles. The van der Waals surface area contributed by atoms with E-state index in [9.17, 15) is 4.39 Å². The molecule has 0 aliphatic rings. The van der Waals surface area contributed by atoms with E-state index >= 15 is 0 Å². The molecule has 1 atom stereocenters. The number of rotatable bonds is 4. The number of aliphatic hydroxyl groups excluding tert-OH is 1. The van der Waals surface area contributed by atoms with Crippen molar-refractivity contribution in [1.82, 2.24) is 5.32 Å². The predicted molar refractivity (Wildman–Crippen MR) is 29.0 cm³/mol. The molecule has 0 rings (SSSR count). The van der Waals surface area contributed by atoms with Gasteiger partial charge in [0.05, 0.1) is 6.61 Å². The van der Waals surface area contributed by atoms with Crippen molar-refractivity contribution >= 4 is 0 Å². The largest absolute Gasteiger partial charge is 0.395 e. The molecule has 1 unspecified atom stereocenters. The first-order valence-corrected chi connectivity index (χ1v) is 2.49. The second-order valence-corrected chi connectivity index (χ2v) is 1.38. The molecule has 0 amide bonds. The van der Waals surface area contributed by atoms with Gasteiger partial charge in [-0.25, -0.2) is 4.39 Å². The second kappa shape index (κ2) is 4.96. The fourth-order valence-corrected chi connectivity index (χ4v) is 0.304. The number of alkyl halides is 1. The van der Waals surface area contributed by atoms with Crippen molar-refractivity contribution in [2.24, 2.45) is 5.73 Å². The molecule has 8 heavy (non-hydrogen) atoms. The van der Waals surface area contributed by atoms with Crippen LogP contribution in [0.1, 0.15) is 0 Å². The van der Waals surface area contributed by atoms with Crippen molar-refractivity contribution < 1.29 is 9.50 Å². The lowest BCUT2D eigenvalue weighted by atomic mass is 10.5. The van der Waals surface area contributed by atoms with Gasteiger partial charge in [-0.3, -0.25) is 5.32 Å². The van der Waals surface area contributed by atoms with E-state index in [4.69, 9.17) is 10.8 Å². The van der Waals surface area contributed by atoms with Crippen LogP contribution in [0.15, 0.2) is 0 Å². The molecule has 0 heterocycles. The quantitative estimate of drug-likeness (QED) is 0.411. The normalized spacial score (nSPS) is 13.9. The summed E-state index contributed by atoms with van der Waals surface area (Å²) in [6, 6.07) is 0. The summed E-state index contributed by atoms with van der Waals surface area (Å²) < 4.78 is 12.0. The number of nitrogens with two attached hydrogens (primary N) is 1. The molecule has 0 aromatic carbocycles. The minimum Gasteiger partial charge on any atom is -0.395 e. The van der Waals surface area contributed by atoms with Crippen LogP contribution in [0.4, 0.5) is 4.39 Å². The maximum absolute atomic E-state index is 12.0. The molecular weight excluding hydrogens is 111 g/mol. The Labute approximate surface area is 47.7 Å². The summed E-state index contributed by atoms with van der Waals surface area (Å²) in [6.45, 7) is 0.165. The Morgan fingerprint density at radius 2 is 2.38 bits per heavy atom. The third-order valence-corrected chi connectivity index (χ3v) is 0.685. The highest BCUT2D eigenvalue weighted by atomic mass is 19.1. The Balaban J connectivity index is 2.86. The Kier molecular flexibility index (Phi) is 4.84. The summed E-state index contributed by atoms with van der Waals surface area (Å²) in [7, 11) is 0. The topological polar surface area (TPSA) is 58.3 Å². The lowest BCUT2D eigenvalue weighted by molar-refractivity contribution is 0.236. The Morgan fingerprint density at radius 3 is 2.75 bits per heavy atom. The van der Waals surface area contributed by atoms with Gasteiger partial charge in [0.25, 0.3) is 0 Å². The smallest absolute Gasteiger partial charge is 0.163 e. The molecule has 0 aliphatic carbocycles. The summed E-state index contributed by atoms with van der Waals surface area (Å²) in [5, 5.41) is 10.5. The number of hydrogen-bond acceptors (Lipinski definition) is 3. The molecule has 0 saturated carbocycles. The zero-order valence-electron chi connectivity index (χ0n) is 4.60. The summed E-state index contributed by atoms with van der Waals surface area (Å²) in [4.78, 5) is 0. The fourth-order valence-electron chi connectivity index (χ4n) is 0.304. The van der Waals surface area contributed by atoms with Crippen LogP contribution in [-0.2, 0) is 0 Å². The van der Waals surface area contributed by atoms with Crippen LogP contribution >= 0.6 is 0 Å². The predicted octanol–water partition coefficient (Wildman–Crippen LogP) is -1.18. The van der Waals surface area contributed by atoms with Gasteiger partial charge in [0.15, 0.2) is 6.30 Å². The highest BCUT2D eigenvalue weighted by Gasteiger charge is 1.97. The molecule has 50 valence electrons. The molecule has 4 heteroatoms. The van der Waals surface area contributed by atoms with E-state index in [0.29, 0.717) is 0 Å². The van der Waals surface area contributed by atoms with Gasteiger partial charge in [-0.2, -0.15) is 0 Å². The molecule has 0 aliphatic heterocycles. The third kappa shape index (κ3) is 3.98. The summed E-state index contributed by atoms with van der Waals surface area (Å²) in [5.74, 6) is 0. The van der Waals surface area contributed by atoms with E-state index in [-0.39, 0.29) is 19.7 Å². The minimum absolute atomic E-state index is 0.0417. The summed E-state index contributed by atoms with van der Waals surface area (Å²) >= 11 is 0. The van der Waals surface area contributed by atoms with Crippen molar-refractivity contribution in [2.45, 2.75) is 6.30 Å². The van der Waals surface area contributed by atoms with Crippen molar-refractivity contribution in [3.8, 4) is 0 Å². The van der Waals surface area contributed by atoms with Crippen LogP contribution in [0.5, 0.6) is 0 Å². The third-order valence-electron chi connectivity index (χ3n) is 0.685. The zero-order valence-corrected chi connectivity index (χ0v) is 4.60. The molecular formula is C4H11FN2O. The molecule has 0 spiro atoms.